The summed E-state index contributed by atoms with van der Waals surface area (Å²) >= 11 is 0. The fraction of sp³-hybridized carbons (Fsp3) is 0.263. The van der Waals surface area contributed by atoms with Gasteiger partial charge in [0, 0.05) is 6.20 Å². The molecular weight excluding hydrogens is 366 g/mol. The smallest absolute Gasteiger partial charge is 0.230 e. The number of aryl methyl sites for hydroxylation is 2. The van der Waals surface area contributed by atoms with Crippen LogP contribution < -0.4 is 5.32 Å². The van der Waals surface area contributed by atoms with Gasteiger partial charge in [0.2, 0.25) is 5.91 Å². The molecule has 142 valence electrons. The number of anilines is 1. The number of hydrogen-bond donors (Lipinski definition) is 2. The number of hydrogen-bond acceptors (Lipinski definition) is 5. The number of phenols is 1. The Balaban J connectivity index is 1.88. The van der Waals surface area contributed by atoms with E-state index in [2.05, 4.69) is 10.3 Å². The van der Waals surface area contributed by atoms with Crippen molar-refractivity contribution in [2.24, 2.45) is 0 Å². The molecule has 0 saturated heterocycles. The molecule has 8 heteroatoms. The second-order valence-electron chi connectivity index (χ2n) is 6.34. The second-order valence-corrected chi connectivity index (χ2v) is 8.61. The molecule has 0 aliphatic rings. The number of aromatic nitrogens is 2. The highest BCUT2D eigenvalue weighted by Crippen LogP contribution is 2.27. The fourth-order valence-corrected chi connectivity index (χ4v) is 3.81. The Hall–Kier alpha value is -2.87. The molecule has 3 rings (SSSR count). The van der Waals surface area contributed by atoms with Crippen molar-refractivity contribution in [2.75, 3.05) is 11.1 Å². The van der Waals surface area contributed by atoms with E-state index >= 15 is 0 Å². The molecule has 0 atom stereocenters. The highest BCUT2D eigenvalue weighted by Gasteiger charge is 2.17. The SMILES string of the molecule is CCS(=O)(=O)c1ccc(O)c(NC(=O)Cc2c(C)nc3c(C)cccn23)c1. The molecule has 1 amide bonds. The number of rotatable bonds is 5. The van der Waals surface area contributed by atoms with Crippen LogP contribution in [0.2, 0.25) is 0 Å². The Morgan fingerprint density at radius 2 is 2.00 bits per heavy atom. The van der Waals surface area contributed by atoms with Gasteiger partial charge in [0.15, 0.2) is 9.84 Å². The molecule has 2 heterocycles. The first-order valence-electron chi connectivity index (χ1n) is 8.51. The Morgan fingerprint density at radius 3 is 2.70 bits per heavy atom. The molecule has 0 fully saturated rings. The van der Waals surface area contributed by atoms with Crippen molar-refractivity contribution in [2.45, 2.75) is 32.1 Å². The summed E-state index contributed by atoms with van der Waals surface area (Å²) in [6.07, 6.45) is 1.89. The number of carbonyl (C=O) groups excluding carboxylic acids is 1. The van der Waals surface area contributed by atoms with Crippen LogP contribution in [0.5, 0.6) is 5.75 Å². The number of nitrogens with one attached hydrogen (secondary N) is 1. The largest absolute Gasteiger partial charge is 0.506 e. The predicted octanol–water partition coefficient (Wildman–Crippen LogP) is 2.63. The minimum atomic E-state index is -3.44. The summed E-state index contributed by atoms with van der Waals surface area (Å²) in [4.78, 5) is 17.1. The lowest BCUT2D eigenvalue weighted by atomic mass is 10.2. The molecule has 0 bridgehead atoms. The lowest BCUT2D eigenvalue weighted by Gasteiger charge is -2.10. The number of nitrogens with zero attached hydrogens (tertiary/aromatic N) is 2. The minimum absolute atomic E-state index is 0.0423. The number of benzene rings is 1. The maximum absolute atomic E-state index is 12.5. The number of sulfone groups is 1. The van der Waals surface area contributed by atoms with E-state index in [4.69, 9.17) is 0 Å². The van der Waals surface area contributed by atoms with Crippen molar-refractivity contribution in [3.63, 3.8) is 0 Å². The van der Waals surface area contributed by atoms with Crippen molar-refractivity contribution in [3.8, 4) is 5.75 Å². The van der Waals surface area contributed by atoms with E-state index in [0.717, 1.165) is 22.6 Å². The van der Waals surface area contributed by atoms with E-state index in [0.29, 0.717) is 0 Å². The number of pyridine rings is 1. The van der Waals surface area contributed by atoms with Gasteiger partial charge in [-0.3, -0.25) is 4.79 Å². The average Bonchev–Trinajstić information content (AvgIpc) is 2.94. The zero-order valence-electron chi connectivity index (χ0n) is 15.4. The molecule has 27 heavy (non-hydrogen) atoms. The number of carbonyl (C=O) groups is 1. The van der Waals surface area contributed by atoms with Gasteiger partial charge in [-0.25, -0.2) is 13.4 Å². The van der Waals surface area contributed by atoms with E-state index in [1.807, 2.05) is 36.6 Å². The van der Waals surface area contributed by atoms with Crippen LogP contribution in [-0.2, 0) is 21.1 Å². The van der Waals surface area contributed by atoms with Gasteiger partial charge < -0.3 is 14.8 Å². The maximum atomic E-state index is 12.5. The predicted molar refractivity (Wildman–Crippen MR) is 103 cm³/mol. The fourth-order valence-electron chi connectivity index (χ4n) is 2.90. The Bertz CT molecular complexity index is 1130. The Kier molecular flexibility index (Phi) is 4.93. The molecule has 0 unspecified atom stereocenters. The van der Waals surface area contributed by atoms with Crippen LogP contribution in [0.1, 0.15) is 23.9 Å². The highest BCUT2D eigenvalue weighted by atomic mass is 32.2. The molecule has 0 aliphatic carbocycles. The van der Waals surface area contributed by atoms with Crippen LogP contribution in [0.4, 0.5) is 5.69 Å². The van der Waals surface area contributed by atoms with Crippen LogP contribution in [0.3, 0.4) is 0 Å². The quantitative estimate of drug-likeness (QED) is 0.656. The van der Waals surface area contributed by atoms with Crippen LogP contribution in [0.15, 0.2) is 41.4 Å². The molecule has 3 aromatic rings. The summed E-state index contributed by atoms with van der Waals surface area (Å²) in [5, 5.41) is 12.6. The molecule has 2 N–H and O–H groups in total. The van der Waals surface area contributed by atoms with Crippen LogP contribution in [0.25, 0.3) is 5.65 Å². The third kappa shape index (κ3) is 3.66. The number of aromatic hydroxyl groups is 1. The van der Waals surface area contributed by atoms with Gasteiger partial charge in [-0.1, -0.05) is 13.0 Å². The topological polar surface area (TPSA) is 101 Å². The van der Waals surface area contributed by atoms with Crippen LogP contribution >= 0.6 is 0 Å². The van der Waals surface area contributed by atoms with Gasteiger partial charge in [0.05, 0.1) is 34.1 Å². The first kappa shape index (κ1) is 18.9. The van der Waals surface area contributed by atoms with Crippen LogP contribution in [-0.4, -0.2) is 34.6 Å². The lowest BCUT2D eigenvalue weighted by Crippen LogP contribution is -2.16. The standard InChI is InChI=1S/C19H21N3O4S/c1-4-27(25,26)14-7-8-17(23)15(10-14)21-18(24)11-16-13(3)20-19-12(2)6-5-9-22(16)19/h5-10,23H,4,11H2,1-3H3,(H,21,24). The van der Waals surface area contributed by atoms with Gasteiger partial charge in [0.1, 0.15) is 11.4 Å². The van der Waals surface area contributed by atoms with Crippen molar-refractivity contribution in [1.29, 1.82) is 0 Å². The first-order valence-corrected chi connectivity index (χ1v) is 10.2. The summed E-state index contributed by atoms with van der Waals surface area (Å²) in [7, 11) is -3.44. The zero-order valence-corrected chi connectivity index (χ0v) is 16.2. The third-order valence-corrected chi connectivity index (χ3v) is 6.19. The molecule has 0 saturated carbocycles. The van der Waals surface area contributed by atoms with Crippen molar-refractivity contribution < 1.29 is 18.3 Å². The van der Waals surface area contributed by atoms with Crippen LogP contribution in [0, 0.1) is 13.8 Å². The molecule has 0 spiro atoms. The Labute approximate surface area is 157 Å². The highest BCUT2D eigenvalue weighted by molar-refractivity contribution is 7.91. The molecule has 2 aromatic heterocycles. The van der Waals surface area contributed by atoms with Gasteiger partial charge in [-0.15, -0.1) is 0 Å². The van der Waals surface area contributed by atoms with E-state index in [9.17, 15) is 18.3 Å². The summed E-state index contributed by atoms with van der Waals surface area (Å²) in [5.74, 6) is -0.627. The summed E-state index contributed by atoms with van der Waals surface area (Å²) in [6, 6.07) is 7.69. The lowest BCUT2D eigenvalue weighted by molar-refractivity contribution is -0.115. The van der Waals surface area contributed by atoms with E-state index < -0.39 is 9.84 Å². The van der Waals surface area contributed by atoms with Gasteiger partial charge in [-0.2, -0.15) is 0 Å². The van der Waals surface area contributed by atoms with Crippen molar-refractivity contribution in [3.05, 3.63) is 53.5 Å². The molecular formula is C19H21N3O4S. The normalized spacial score (nSPS) is 11.7. The average molecular weight is 387 g/mol. The molecule has 1 aromatic carbocycles. The molecule has 0 aliphatic heterocycles. The van der Waals surface area contributed by atoms with Crippen molar-refractivity contribution in [1.82, 2.24) is 9.38 Å². The zero-order chi connectivity index (χ0) is 19.8. The van der Waals surface area contributed by atoms with Gasteiger partial charge in [0.25, 0.3) is 0 Å². The number of fused-ring (bicyclic) bond motifs is 1. The summed E-state index contributed by atoms with van der Waals surface area (Å²) in [6.45, 7) is 5.32. The van der Waals surface area contributed by atoms with Gasteiger partial charge in [-0.05, 0) is 43.7 Å². The van der Waals surface area contributed by atoms with E-state index in [-0.39, 0.29) is 34.4 Å². The number of phenolic OH excluding ortho intramolecular Hbond substituents is 1. The number of imidazole rings is 1. The van der Waals surface area contributed by atoms with E-state index in [1.54, 1.807) is 0 Å². The van der Waals surface area contributed by atoms with Crippen molar-refractivity contribution >= 4 is 27.1 Å². The first-order chi connectivity index (χ1) is 12.7. The summed E-state index contributed by atoms with van der Waals surface area (Å²) in [5.41, 5.74) is 3.34. The third-order valence-electron chi connectivity index (χ3n) is 4.45. The monoisotopic (exact) mass is 387 g/mol. The number of amides is 1. The maximum Gasteiger partial charge on any atom is 0.230 e. The summed E-state index contributed by atoms with van der Waals surface area (Å²) < 4.78 is 25.9. The second kappa shape index (κ2) is 7.03. The molecule has 7 nitrogen and oxygen atoms in total. The minimum Gasteiger partial charge on any atom is -0.506 e. The molecule has 0 radical (unpaired) electrons. The van der Waals surface area contributed by atoms with Gasteiger partial charge >= 0.3 is 0 Å². The Morgan fingerprint density at radius 1 is 1.26 bits per heavy atom. The van der Waals surface area contributed by atoms with E-state index in [1.165, 1.54) is 25.1 Å².